The number of hydrogen-bond donors (Lipinski definition) is 0. The van der Waals surface area contributed by atoms with Gasteiger partial charge in [0.1, 0.15) is 0 Å². The Morgan fingerprint density at radius 2 is 0.590 bits per heavy atom. The fourth-order valence-electron chi connectivity index (χ4n) is 13.2. The Bertz CT molecular complexity index is 2540. The second-order valence-electron chi connectivity index (χ2n) is 23.7. The molecule has 2 aliphatic heterocycles. The molecular formula is C70H102N2O4S2. The topological polar surface area (TPSA) is 74.8 Å². The average Bonchev–Trinajstić information content (AvgIpc) is 3.47. The smallest absolute Gasteiger partial charge is 0.261 e. The van der Waals surface area contributed by atoms with E-state index in [4.69, 9.17) is 0 Å². The first-order valence-corrected chi connectivity index (χ1v) is 34.5. The Morgan fingerprint density at radius 3 is 0.923 bits per heavy atom. The molecule has 5 aromatic carbocycles. The SMILES string of the molecule is CCCCCCCCCCSc1cc2c3c(cc(SCCCCCCCCCC)c4c5ccc6c7c(ccc(c1c34)c75)C(=O)N(C(CCCCCC)CCCCCC)C6=O)C(=O)N(C(CCCCCC)CCCCCC)C2=O. The standard InChI is InChI=1S/C70H102N2O4S2/c1-7-13-19-25-27-29-31-37-47-77-59-49-57-63-58(70(76)72(69(57)75)52(41-35-23-17-11-5)42-36-24-18-12-6)50-60(78-48-38-32-30-28-26-20-14-8-2)65-54-44-46-56-62-55(45-43-53(61(54)62)64(59)66(63)65)67(73)71(68(56)74)51(39-33-21-15-9-3)40-34-22-16-10-4/h43-46,49-52H,7-42,47-48H2,1-6H3. The maximum absolute atomic E-state index is 15.6. The molecule has 0 saturated heterocycles. The van der Waals surface area contributed by atoms with Crippen LogP contribution in [-0.4, -0.2) is 57.0 Å². The van der Waals surface area contributed by atoms with E-state index in [0.29, 0.717) is 22.3 Å². The maximum Gasteiger partial charge on any atom is 0.261 e. The molecule has 78 heavy (non-hydrogen) atoms. The zero-order valence-electron chi connectivity index (χ0n) is 49.8. The van der Waals surface area contributed by atoms with Gasteiger partial charge in [-0.15, -0.1) is 23.5 Å². The van der Waals surface area contributed by atoms with E-state index in [1.807, 2.05) is 35.7 Å². The molecule has 5 aromatic rings. The molecule has 0 fully saturated rings. The number of unbranched alkanes of at least 4 members (excludes halogenated alkanes) is 26. The van der Waals surface area contributed by atoms with Crippen LogP contribution >= 0.6 is 23.5 Å². The highest BCUT2D eigenvalue weighted by molar-refractivity contribution is 7.99. The van der Waals surface area contributed by atoms with Crippen LogP contribution in [0.5, 0.6) is 0 Å². The van der Waals surface area contributed by atoms with Crippen molar-refractivity contribution < 1.29 is 19.2 Å². The summed E-state index contributed by atoms with van der Waals surface area (Å²) in [5.41, 5.74) is 2.57. The van der Waals surface area contributed by atoms with E-state index >= 15 is 19.2 Å². The molecular weight excluding hydrogens is 997 g/mol. The highest BCUT2D eigenvalue weighted by Crippen LogP contribution is 2.52. The van der Waals surface area contributed by atoms with E-state index in [0.717, 1.165) is 206 Å². The highest BCUT2D eigenvalue weighted by Gasteiger charge is 2.42. The third-order valence-corrected chi connectivity index (χ3v) is 19.9. The molecule has 0 radical (unpaired) electrons. The fourth-order valence-corrected chi connectivity index (χ4v) is 15.4. The Morgan fingerprint density at radius 1 is 0.308 bits per heavy atom. The first-order chi connectivity index (χ1) is 38.3. The number of benzene rings is 5. The molecule has 0 spiro atoms. The molecule has 0 aliphatic carbocycles. The molecule has 7 rings (SSSR count). The van der Waals surface area contributed by atoms with Crippen molar-refractivity contribution >= 4 is 90.2 Å². The van der Waals surface area contributed by atoms with E-state index < -0.39 is 0 Å². The molecule has 2 heterocycles. The van der Waals surface area contributed by atoms with Crippen molar-refractivity contribution in [2.75, 3.05) is 11.5 Å². The maximum atomic E-state index is 15.6. The van der Waals surface area contributed by atoms with Crippen molar-refractivity contribution in [3.63, 3.8) is 0 Å². The molecule has 4 amide bonds. The molecule has 2 aliphatic rings. The number of fused-ring (bicyclic) bond motifs is 2. The largest absolute Gasteiger partial charge is 0.271 e. The van der Waals surface area contributed by atoms with Crippen LogP contribution in [0.1, 0.15) is 314 Å². The van der Waals surface area contributed by atoms with Crippen molar-refractivity contribution in [1.82, 2.24) is 9.80 Å². The summed E-state index contributed by atoms with van der Waals surface area (Å²) in [7, 11) is 0. The molecule has 0 N–H and O–H groups in total. The van der Waals surface area contributed by atoms with Gasteiger partial charge in [0.2, 0.25) is 0 Å². The van der Waals surface area contributed by atoms with Gasteiger partial charge in [-0.25, -0.2) is 0 Å². The molecule has 0 saturated carbocycles. The fraction of sp³-hybridized carbons (Fsp3) is 0.657. The van der Waals surface area contributed by atoms with Gasteiger partial charge in [0.05, 0.1) is 0 Å². The summed E-state index contributed by atoms with van der Waals surface area (Å²) in [4.78, 5) is 67.3. The summed E-state index contributed by atoms with van der Waals surface area (Å²) in [6.07, 6.45) is 40.9. The van der Waals surface area contributed by atoms with Crippen LogP contribution in [0.15, 0.2) is 46.2 Å². The first-order valence-electron chi connectivity index (χ1n) is 32.6. The van der Waals surface area contributed by atoms with Crippen molar-refractivity contribution in [3.8, 4) is 0 Å². The molecule has 8 heteroatoms. The number of rotatable bonds is 42. The Labute approximate surface area is 481 Å². The van der Waals surface area contributed by atoms with E-state index in [1.54, 1.807) is 9.80 Å². The number of thioether (sulfide) groups is 2. The molecule has 0 bridgehead atoms. The summed E-state index contributed by atoms with van der Waals surface area (Å²) in [6, 6.07) is 12.4. The molecule has 0 unspecified atom stereocenters. The molecule has 6 nitrogen and oxygen atoms in total. The van der Waals surface area contributed by atoms with Gasteiger partial charge in [-0.05, 0) is 90.5 Å². The highest BCUT2D eigenvalue weighted by atomic mass is 32.2. The molecule has 0 aromatic heterocycles. The van der Waals surface area contributed by atoms with E-state index in [1.165, 1.54) is 89.9 Å². The molecule has 0 atom stereocenters. The van der Waals surface area contributed by atoms with Gasteiger partial charge in [-0.2, -0.15) is 0 Å². The lowest BCUT2D eigenvalue weighted by molar-refractivity contribution is 0.0501. The van der Waals surface area contributed by atoms with Crippen LogP contribution in [0.2, 0.25) is 0 Å². The summed E-state index contributed by atoms with van der Waals surface area (Å²) in [5.74, 6) is 1.25. The quantitative estimate of drug-likeness (QED) is 0.0127. The normalized spacial score (nSPS) is 13.8. The van der Waals surface area contributed by atoms with Crippen molar-refractivity contribution in [3.05, 3.63) is 58.7 Å². The second kappa shape index (κ2) is 32.7. The minimum Gasteiger partial charge on any atom is -0.271 e. The number of nitrogens with zero attached hydrogens (tertiary/aromatic N) is 2. The molecule has 428 valence electrons. The van der Waals surface area contributed by atoms with Crippen LogP contribution in [0.4, 0.5) is 0 Å². The summed E-state index contributed by atoms with van der Waals surface area (Å²) in [5, 5.41) is 7.70. The zero-order valence-corrected chi connectivity index (χ0v) is 51.5. The van der Waals surface area contributed by atoms with Crippen molar-refractivity contribution in [1.29, 1.82) is 0 Å². The minimum atomic E-state index is -0.160. The summed E-state index contributed by atoms with van der Waals surface area (Å²) in [6.45, 7) is 13.5. The predicted molar refractivity (Wildman–Crippen MR) is 338 cm³/mol. The second-order valence-corrected chi connectivity index (χ2v) is 26.0. The van der Waals surface area contributed by atoms with Crippen LogP contribution in [0, 0.1) is 0 Å². The lowest BCUT2D eigenvalue weighted by Crippen LogP contribution is -2.47. The summed E-state index contributed by atoms with van der Waals surface area (Å²) >= 11 is 3.72. The van der Waals surface area contributed by atoms with Crippen LogP contribution < -0.4 is 0 Å². The van der Waals surface area contributed by atoms with Crippen LogP contribution in [0.25, 0.3) is 43.1 Å². The van der Waals surface area contributed by atoms with E-state index in [2.05, 4.69) is 65.8 Å². The Balaban J connectivity index is 1.40. The monoisotopic (exact) mass is 1100 g/mol. The first kappa shape index (κ1) is 62.0. The number of imide groups is 2. The lowest BCUT2D eigenvalue weighted by atomic mass is 9.81. The predicted octanol–water partition coefficient (Wildman–Crippen LogP) is 22.0. The Kier molecular flexibility index (Phi) is 26.0. The van der Waals surface area contributed by atoms with Crippen LogP contribution in [-0.2, 0) is 0 Å². The number of hydrogen-bond acceptors (Lipinski definition) is 6. The van der Waals surface area contributed by atoms with Gasteiger partial charge in [-0.3, -0.25) is 29.0 Å². The number of amides is 4. The van der Waals surface area contributed by atoms with E-state index in [9.17, 15) is 0 Å². The van der Waals surface area contributed by atoms with Gasteiger partial charge in [0.15, 0.2) is 0 Å². The minimum absolute atomic E-state index is 0.133. The van der Waals surface area contributed by atoms with Gasteiger partial charge < -0.3 is 0 Å². The third-order valence-electron chi connectivity index (χ3n) is 17.6. The van der Waals surface area contributed by atoms with Gasteiger partial charge in [0.25, 0.3) is 23.6 Å². The number of carbonyl (C=O) groups is 4. The zero-order chi connectivity index (χ0) is 55.2. The van der Waals surface area contributed by atoms with Gasteiger partial charge in [-0.1, -0.05) is 246 Å². The van der Waals surface area contributed by atoms with E-state index in [-0.39, 0.29) is 35.7 Å². The van der Waals surface area contributed by atoms with Gasteiger partial charge >= 0.3 is 0 Å². The van der Waals surface area contributed by atoms with Crippen molar-refractivity contribution in [2.45, 2.75) is 295 Å². The third kappa shape index (κ3) is 15.1. The van der Waals surface area contributed by atoms with Gasteiger partial charge in [0, 0.05) is 71.1 Å². The Hall–Kier alpha value is -3.62. The average molecular weight is 1100 g/mol. The lowest BCUT2D eigenvalue weighted by Gasteiger charge is -2.36. The van der Waals surface area contributed by atoms with Crippen molar-refractivity contribution in [2.24, 2.45) is 0 Å². The number of carbonyl (C=O) groups excluding carboxylic acids is 4. The van der Waals surface area contributed by atoms with Crippen LogP contribution in [0.3, 0.4) is 0 Å². The summed E-state index contributed by atoms with van der Waals surface area (Å²) < 4.78 is 0.